The molecule has 4 aromatic rings. The Hall–Kier alpha value is -3.27. The number of carbonyl (C=O) groups is 1. The molecule has 0 aliphatic heterocycles. The number of anilines is 1. The van der Waals surface area contributed by atoms with Crippen LogP contribution in [0.4, 0.5) is 10.1 Å². The summed E-state index contributed by atoms with van der Waals surface area (Å²) in [4.78, 5) is 17.0. The van der Waals surface area contributed by atoms with Crippen LogP contribution in [0.1, 0.15) is 12.7 Å². The molecule has 0 atom stereocenters. The van der Waals surface area contributed by atoms with E-state index >= 15 is 0 Å². The molecule has 148 valence electrons. The Morgan fingerprint density at radius 3 is 2.83 bits per heavy atom. The maximum absolute atomic E-state index is 14.2. The van der Waals surface area contributed by atoms with Crippen molar-refractivity contribution in [3.8, 4) is 5.69 Å². The van der Waals surface area contributed by atoms with Crippen molar-refractivity contribution in [1.29, 1.82) is 0 Å². The fourth-order valence-electron chi connectivity index (χ4n) is 3.00. The minimum atomic E-state index is -0.529. The number of aromatic nitrogens is 6. The smallest absolute Gasteiger partial charge is 0.234 e. The van der Waals surface area contributed by atoms with Crippen molar-refractivity contribution in [2.45, 2.75) is 25.5 Å². The first-order chi connectivity index (χ1) is 14.1. The summed E-state index contributed by atoms with van der Waals surface area (Å²) in [7, 11) is 0. The van der Waals surface area contributed by atoms with Crippen LogP contribution in [-0.4, -0.2) is 41.4 Å². The quantitative estimate of drug-likeness (QED) is 0.490. The van der Waals surface area contributed by atoms with E-state index in [1.807, 2.05) is 31.2 Å². The van der Waals surface area contributed by atoms with Crippen LogP contribution >= 0.6 is 11.8 Å². The van der Waals surface area contributed by atoms with Gasteiger partial charge in [0.05, 0.1) is 28.2 Å². The summed E-state index contributed by atoms with van der Waals surface area (Å²) >= 11 is 1.31. The van der Waals surface area contributed by atoms with E-state index < -0.39 is 5.82 Å². The van der Waals surface area contributed by atoms with Crippen LogP contribution in [-0.2, 0) is 11.3 Å². The summed E-state index contributed by atoms with van der Waals surface area (Å²) in [6.07, 6.45) is 0. The van der Waals surface area contributed by atoms with Gasteiger partial charge in [-0.3, -0.25) is 4.79 Å². The van der Waals surface area contributed by atoms with Gasteiger partial charge in [-0.2, -0.15) is 4.68 Å². The van der Waals surface area contributed by atoms with Crippen molar-refractivity contribution in [2.24, 2.45) is 0 Å². The molecule has 0 saturated carbocycles. The molecule has 0 radical (unpaired) electrons. The lowest BCUT2D eigenvalue weighted by Gasteiger charge is -2.09. The van der Waals surface area contributed by atoms with Gasteiger partial charge in [0.25, 0.3) is 0 Å². The number of imidazole rings is 1. The fraction of sp³-hybridized carbons (Fsp3) is 0.211. The van der Waals surface area contributed by atoms with E-state index in [-0.39, 0.29) is 17.3 Å². The number of benzene rings is 2. The molecule has 29 heavy (non-hydrogen) atoms. The van der Waals surface area contributed by atoms with Crippen LogP contribution in [0.25, 0.3) is 16.7 Å². The van der Waals surface area contributed by atoms with E-state index in [1.165, 1.54) is 28.6 Å². The molecule has 2 aromatic carbocycles. The third-order valence-electron chi connectivity index (χ3n) is 4.36. The largest absolute Gasteiger partial charge is 0.323 e. The summed E-state index contributed by atoms with van der Waals surface area (Å²) in [5, 5.41) is 14.6. The zero-order chi connectivity index (χ0) is 20.4. The standard InChI is InChI=1S/C19H18FN7OS/c1-3-26-17-7-5-4-6-15(17)22-19(26)29-11-18(28)21-16-10-13(8-9-14(16)20)27-12(2)23-24-25-27/h4-10H,3,11H2,1-2H3,(H,21,28). The molecule has 2 aromatic heterocycles. The monoisotopic (exact) mass is 411 g/mol. The Kier molecular flexibility index (Phi) is 5.26. The molecule has 10 heteroatoms. The summed E-state index contributed by atoms with van der Waals surface area (Å²) in [6, 6.07) is 12.1. The zero-order valence-electron chi connectivity index (χ0n) is 15.8. The summed E-state index contributed by atoms with van der Waals surface area (Å²) in [6.45, 7) is 4.50. The summed E-state index contributed by atoms with van der Waals surface area (Å²) < 4.78 is 17.7. The Morgan fingerprint density at radius 2 is 2.07 bits per heavy atom. The Morgan fingerprint density at radius 1 is 1.24 bits per heavy atom. The summed E-state index contributed by atoms with van der Waals surface area (Å²) in [5.41, 5.74) is 2.54. The van der Waals surface area contributed by atoms with Gasteiger partial charge in [-0.1, -0.05) is 23.9 Å². The summed E-state index contributed by atoms with van der Waals surface area (Å²) in [5.74, 6) is -0.188. The highest BCUT2D eigenvalue weighted by Gasteiger charge is 2.14. The number of nitrogens with zero attached hydrogens (tertiary/aromatic N) is 6. The molecular formula is C19H18FN7OS. The topological polar surface area (TPSA) is 90.5 Å². The molecule has 0 aliphatic carbocycles. The van der Waals surface area contributed by atoms with E-state index in [4.69, 9.17) is 0 Å². The molecule has 0 unspecified atom stereocenters. The van der Waals surface area contributed by atoms with Crippen LogP contribution in [0.3, 0.4) is 0 Å². The van der Waals surface area contributed by atoms with Gasteiger partial charge in [0.1, 0.15) is 5.82 Å². The average Bonchev–Trinajstić information content (AvgIpc) is 3.31. The number of nitrogens with one attached hydrogen (secondary N) is 1. The predicted molar refractivity (Wildman–Crippen MR) is 109 cm³/mol. The lowest BCUT2D eigenvalue weighted by Crippen LogP contribution is -2.16. The van der Waals surface area contributed by atoms with Crippen molar-refractivity contribution in [3.05, 3.63) is 54.1 Å². The zero-order valence-corrected chi connectivity index (χ0v) is 16.6. The number of hydrogen-bond donors (Lipinski definition) is 1. The number of para-hydroxylation sites is 2. The van der Waals surface area contributed by atoms with E-state index in [0.717, 1.165) is 22.7 Å². The maximum atomic E-state index is 14.2. The first-order valence-corrected chi connectivity index (χ1v) is 9.98. The maximum Gasteiger partial charge on any atom is 0.234 e. The highest BCUT2D eigenvalue weighted by molar-refractivity contribution is 7.99. The molecule has 4 rings (SSSR count). The molecule has 0 spiro atoms. The number of hydrogen-bond acceptors (Lipinski definition) is 6. The molecule has 2 heterocycles. The van der Waals surface area contributed by atoms with Gasteiger partial charge < -0.3 is 9.88 Å². The van der Waals surface area contributed by atoms with Gasteiger partial charge >= 0.3 is 0 Å². The van der Waals surface area contributed by atoms with Crippen LogP contribution in [0.2, 0.25) is 0 Å². The highest BCUT2D eigenvalue weighted by atomic mass is 32.2. The third-order valence-corrected chi connectivity index (χ3v) is 5.34. The van der Waals surface area contributed by atoms with E-state index in [0.29, 0.717) is 11.5 Å². The molecule has 1 amide bonds. The van der Waals surface area contributed by atoms with E-state index in [2.05, 4.69) is 30.4 Å². The number of halogens is 1. The van der Waals surface area contributed by atoms with Crippen molar-refractivity contribution >= 4 is 34.4 Å². The SMILES string of the molecule is CCn1c(SCC(=O)Nc2cc(-n3nnnc3C)ccc2F)nc2ccccc21. The number of amides is 1. The lowest BCUT2D eigenvalue weighted by atomic mass is 10.2. The van der Waals surface area contributed by atoms with Gasteiger partial charge in [0.15, 0.2) is 11.0 Å². The number of fused-ring (bicyclic) bond motifs is 1. The number of rotatable bonds is 6. The molecular weight excluding hydrogens is 393 g/mol. The van der Waals surface area contributed by atoms with Gasteiger partial charge in [0.2, 0.25) is 5.91 Å². The molecule has 0 fully saturated rings. The second-order valence-corrected chi connectivity index (χ2v) is 7.21. The normalized spacial score (nSPS) is 11.1. The van der Waals surface area contributed by atoms with Crippen LogP contribution in [0, 0.1) is 12.7 Å². The Bertz CT molecular complexity index is 1190. The number of thioether (sulfide) groups is 1. The Labute approximate surface area is 170 Å². The average molecular weight is 411 g/mol. The van der Waals surface area contributed by atoms with Gasteiger partial charge in [0, 0.05) is 6.54 Å². The molecule has 0 bridgehead atoms. The minimum Gasteiger partial charge on any atom is -0.323 e. The van der Waals surface area contributed by atoms with E-state index in [9.17, 15) is 9.18 Å². The highest BCUT2D eigenvalue weighted by Crippen LogP contribution is 2.25. The fourth-order valence-corrected chi connectivity index (χ4v) is 3.88. The third kappa shape index (κ3) is 3.83. The number of carbonyl (C=O) groups excluding carboxylic acids is 1. The van der Waals surface area contributed by atoms with Crippen molar-refractivity contribution < 1.29 is 9.18 Å². The lowest BCUT2D eigenvalue weighted by molar-refractivity contribution is -0.113. The van der Waals surface area contributed by atoms with Gasteiger partial charge in [-0.25, -0.2) is 9.37 Å². The second kappa shape index (κ2) is 8.00. The van der Waals surface area contributed by atoms with Crippen molar-refractivity contribution in [3.63, 3.8) is 0 Å². The first-order valence-electron chi connectivity index (χ1n) is 8.99. The van der Waals surface area contributed by atoms with Gasteiger partial charge in [-0.15, -0.1) is 5.10 Å². The Balaban J connectivity index is 1.49. The molecule has 0 aliphatic rings. The van der Waals surface area contributed by atoms with Crippen molar-refractivity contribution in [2.75, 3.05) is 11.1 Å². The minimum absolute atomic E-state index is 0.0759. The van der Waals surface area contributed by atoms with Crippen LogP contribution < -0.4 is 5.32 Å². The number of tetrazole rings is 1. The van der Waals surface area contributed by atoms with Crippen molar-refractivity contribution in [1.82, 2.24) is 29.8 Å². The number of aryl methyl sites for hydroxylation is 2. The van der Waals surface area contributed by atoms with Gasteiger partial charge in [-0.05, 0) is 54.6 Å². The second-order valence-electron chi connectivity index (χ2n) is 6.27. The van der Waals surface area contributed by atoms with E-state index in [1.54, 1.807) is 13.0 Å². The first kappa shape index (κ1) is 19.1. The van der Waals surface area contributed by atoms with Crippen LogP contribution in [0.5, 0.6) is 0 Å². The van der Waals surface area contributed by atoms with Crippen LogP contribution in [0.15, 0.2) is 47.6 Å². The predicted octanol–water partition coefficient (Wildman–Crippen LogP) is 3.21. The molecule has 0 saturated heterocycles. The molecule has 1 N–H and O–H groups in total. The molecule has 8 nitrogen and oxygen atoms in total.